The lowest BCUT2D eigenvalue weighted by atomic mass is 10.00. The molecule has 0 amide bonds. The van der Waals surface area contributed by atoms with E-state index in [0.29, 0.717) is 11.5 Å². The van der Waals surface area contributed by atoms with Crippen molar-refractivity contribution in [3.05, 3.63) is 58.8 Å². The molecule has 2 fully saturated rings. The zero-order valence-electron chi connectivity index (χ0n) is 16.3. The maximum atomic E-state index is 12.7. The van der Waals surface area contributed by atoms with Crippen LogP contribution in [0.3, 0.4) is 0 Å². The Labute approximate surface area is 164 Å². The molecule has 0 bridgehead atoms. The minimum Gasteiger partial charge on any atom is -0.381 e. The third-order valence-corrected chi connectivity index (χ3v) is 5.57. The molecule has 2 aromatic heterocycles. The molecular weight excluding hydrogens is 354 g/mol. The number of allylic oxidation sites excluding steroid dienone is 3. The number of ether oxygens (including phenoxy) is 1. The Morgan fingerprint density at radius 3 is 2.93 bits per heavy atom. The Hall–Kier alpha value is -2.67. The number of imidazole rings is 1. The number of fused-ring (bicyclic) bond motifs is 1. The average molecular weight is 381 g/mol. The number of hydrogen-bond donors (Lipinski definition) is 1. The van der Waals surface area contributed by atoms with Gasteiger partial charge in [-0.15, -0.1) is 5.10 Å². The highest BCUT2D eigenvalue weighted by atomic mass is 16.5. The molecule has 7 heteroatoms. The molecule has 2 saturated heterocycles. The van der Waals surface area contributed by atoms with Gasteiger partial charge in [0.2, 0.25) is 5.95 Å². The van der Waals surface area contributed by atoms with Gasteiger partial charge >= 0.3 is 0 Å². The maximum Gasteiger partial charge on any atom is 0.278 e. The molecule has 4 heterocycles. The summed E-state index contributed by atoms with van der Waals surface area (Å²) in [5.74, 6) is 1.71. The Bertz CT molecular complexity index is 965. The molecule has 7 nitrogen and oxygen atoms in total. The van der Waals surface area contributed by atoms with Crippen LogP contribution in [0, 0.1) is 0 Å². The van der Waals surface area contributed by atoms with Gasteiger partial charge in [0.15, 0.2) is 5.52 Å². The van der Waals surface area contributed by atoms with E-state index in [1.165, 1.54) is 0 Å². The Kier molecular flexibility index (Phi) is 5.43. The van der Waals surface area contributed by atoms with Gasteiger partial charge in [-0.05, 0) is 38.2 Å². The van der Waals surface area contributed by atoms with Gasteiger partial charge < -0.3 is 9.64 Å². The van der Waals surface area contributed by atoms with Crippen molar-refractivity contribution in [3.8, 4) is 0 Å². The number of nitrogens with one attached hydrogen (secondary N) is 1. The van der Waals surface area contributed by atoms with E-state index in [0.717, 1.165) is 56.8 Å². The van der Waals surface area contributed by atoms with E-state index in [9.17, 15) is 4.79 Å². The summed E-state index contributed by atoms with van der Waals surface area (Å²) in [6, 6.07) is 0.136. The molecule has 0 saturated carbocycles. The van der Waals surface area contributed by atoms with E-state index in [2.05, 4.69) is 21.4 Å². The predicted molar refractivity (Wildman–Crippen MR) is 110 cm³/mol. The van der Waals surface area contributed by atoms with Crippen molar-refractivity contribution in [2.75, 3.05) is 24.7 Å². The molecule has 0 aliphatic carbocycles. The van der Waals surface area contributed by atoms with Crippen LogP contribution in [-0.2, 0) is 4.74 Å². The van der Waals surface area contributed by atoms with Crippen molar-refractivity contribution in [3.63, 3.8) is 0 Å². The summed E-state index contributed by atoms with van der Waals surface area (Å²) in [7, 11) is 0. The molecule has 1 atom stereocenters. The number of H-pyrrole nitrogens is 1. The molecule has 0 aromatic carbocycles. The van der Waals surface area contributed by atoms with E-state index in [1.807, 2.05) is 31.2 Å². The van der Waals surface area contributed by atoms with Crippen LogP contribution < -0.4 is 10.5 Å². The largest absolute Gasteiger partial charge is 0.381 e. The summed E-state index contributed by atoms with van der Waals surface area (Å²) in [5, 5.41) is 4.79. The van der Waals surface area contributed by atoms with Gasteiger partial charge in [-0.25, -0.2) is 9.50 Å². The number of aromatic nitrogens is 4. The van der Waals surface area contributed by atoms with E-state index in [4.69, 9.17) is 9.84 Å². The highest BCUT2D eigenvalue weighted by molar-refractivity contribution is 5.47. The number of hydrogen-bond acceptors (Lipinski definition) is 5. The van der Waals surface area contributed by atoms with Gasteiger partial charge in [0, 0.05) is 25.7 Å². The van der Waals surface area contributed by atoms with Crippen LogP contribution in [0.1, 0.15) is 44.3 Å². The van der Waals surface area contributed by atoms with Crippen LogP contribution >= 0.6 is 0 Å². The van der Waals surface area contributed by atoms with Crippen molar-refractivity contribution < 1.29 is 4.74 Å². The third-order valence-electron chi connectivity index (χ3n) is 5.57. The molecule has 28 heavy (non-hydrogen) atoms. The summed E-state index contributed by atoms with van der Waals surface area (Å²) < 4.78 is 7.20. The topological polar surface area (TPSA) is 75.5 Å². The molecule has 4 rings (SSSR count). The van der Waals surface area contributed by atoms with E-state index in [-0.39, 0.29) is 17.5 Å². The highest BCUT2D eigenvalue weighted by Gasteiger charge is 2.29. The summed E-state index contributed by atoms with van der Waals surface area (Å²) >= 11 is 0. The average Bonchev–Trinajstić information content (AvgIpc) is 3.36. The predicted octanol–water partition coefficient (Wildman–Crippen LogP) is 2.97. The first kappa shape index (κ1) is 18.7. The molecule has 0 spiro atoms. The quantitative estimate of drug-likeness (QED) is 0.806. The van der Waals surface area contributed by atoms with Gasteiger partial charge in [0.1, 0.15) is 5.82 Å². The van der Waals surface area contributed by atoms with Crippen molar-refractivity contribution in [1.82, 2.24) is 19.6 Å². The second-order valence-corrected chi connectivity index (χ2v) is 7.39. The molecule has 0 radical (unpaired) electrons. The lowest BCUT2D eigenvalue weighted by molar-refractivity contribution is 0.0832. The van der Waals surface area contributed by atoms with Crippen LogP contribution in [0.2, 0.25) is 0 Å². The highest BCUT2D eigenvalue weighted by Crippen LogP contribution is 2.28. The maximum absolute atomic E-state index is 12.7. The Morgan fingerprint density at radius 1 is 1.32 bits per heavy atom. The van der Waals surface area contributed by atoms with Crippen LogP contribution in [-0.4, -0.2) is 45.4 Å². The summed E-state index contributed by atoms with van der Waals surface area (Å²) in [6.45, 7) is 8.51. The zero-order valence-corrected chi connectivity index (χ0v) is 16.3. The number of rotatable bonds is 5. The first-order valence-corrected chi connectivity index (χ1v) is 9.99. The van der Waals surface area contributed by atoms with Crippen molar-refractivity contribution in [2.45, 2.75) is 44.6 Å². The lowest BCUT2D eigenvalue weighted by Gasteiger charge is -2.26. The Morgan fingerprint density at radius 2 is 2.14 bits per heavy atom. The SMILES string of the molecule is C=C(/C=C\C=C/C)[C@H]1CCCN1c1nn2c(C3CCOCC3)ncc2c(=O)[nH]1. The second-order valence-electron chi connectivity index (χ2n) is 7.39. The lowest BCUT2D eigenvalue weighted by Crippen LogP contribution is -2.34. The standard InChI is InChI=1S/C21H27N5O2/c1-3-4-5-7-15(2)17-8-6-11-25(17)21-23-20(27)18-14-22-19(26(18)24-21)16-9-12-28-13-10-16/h3-5,7,14,16-17H,2,6,8-13H2,1H3,(H,23,24,27)/b4-3-,7-5-/t17-/m1/s1. The smallest absolute Gasteiger partial charge is 0.278 e. The summed E-state index contributed by atoms with van der Waals surface area (Å²) in [6.07, 6.45) is 13.5. The van der Waals surface area contributed by atoms with E-state index >= 15 is 0 Å². The molecule has 148 valence electrons. The molecular formula is C21H27N5O2. The van der Waals surface area contributed by atoms with Gasteiger partial charge in [0.25, 0.3) is 5.56 Å². The third kappa shape index (κ3) is 3.54. The van der Waals surface area contributed by atoms with E-state index in [1.54, 1.807) is 10.7 Å². The zero-order chi connectivity index (χ0) is 19.5. The fourth-order valence-corrected chi connectivity index (χ4v) is 4.08. The number of nitrogens with zero attached hydrogens (tertiary/aromatic N) is 4. The minimum atomic E-state index is -0.156. The molecule has 0 unspecified atom stereocenters. The van der Waals surface area contributed by atoms with Crippen LogP contribution in [0.25, 0.3) is 5.52 Å². The molecule has 2 aliphatic heterocycles. The molecule has 2 aliphatic rings. The van der Waals surface area contributed by atoms with Crippen molar-refractivity contribution in [1.29, 1.82) is 0 Å². The minimum absolute atomic E-state index is 0.136. The first-order valence-electron chi connectivity index (χ1n) is 9.99. The van der Waals surface area contributed by atoms with Crippen molar-refractivity contribution in [2.24, 2.45) is 0 Å². The van der Waals surface area contributed by atoms with Crippen molar-refractivity contribution >= 4 is 11.5 Å². The van der Waals surface area contributed by atoms with Crippen LogP contribution in [0.5, 0.6) is 0 Å². The number of aromatic amines is 1. The normalized spacial score (nSPS) is 21.5. The first-order chi connectivity index (χ1) is 13.7. The van der Waals surface area contributed by atoms with Gasteiger partial charge in [-0.2, -0.15) is 0 Å². The van der Waals surface area contributed by atoms with Gasteiger partial charge in [-0.3, -0.25) is 9.78 Å². The number of anilines is 1. The van der Waals surface area contributed by atoms with Crippen LogP contribution in [0.4, 0.5) is 5.95 Å². The fourth-order valence-electron chi connectivity index (χ4n) is 4.08. The monoisotopic (exact) mass is 381 g/mol. The van der Waals surface area contributed by atoms with E-state index < -0.39 is 0 Å². The molecule has 1 N–H and O–H groups in total. The summed E-state index contributed by atoms with van der Waals surface area (Å²) in [4.78, 5) is 22.3. The Balaban J connectivity index is 1.68. The van der Waals surface area contributed by atoms with Crippen LogP contribution in [0.15, 0.2) is 47.4 Å². The fraction of sp³-hybridized carbons (Fsp3) is 0.476. The summed E-state index contributed by atoms with van der Waals surface area (Å²) in [5.41, 5.74) is 1.36. The van der Waals surface area contributed by atoms with Gasteiger partial charge in [0.05, 0.1) is 12.2 Å². The molecule has 2 aromatic rings. The second kappa shape index (κ2) is 8.14. The van der Waals surface area contributed by atoms with Gasteiger partial charge in [-0.1, -0.05) is 30.9 Å².